The minimum atomic E-state index is -4.95. The predicted octanol–water partition coefficient (Wildman–Crippen LogP) is 2.95. The van der Waals surface area contributed by atoms with Crippen molar-refractivity contribution in [3.05, 3.63) is 41.5 Å². The van der Waals surface area contributed by atoms with Crippen molar-refractivity contribution in [2.75, 3.05) is 26.2 Å². The van der Waals surface area contributed by atoms with Crippen molar-refractivity contribution < 1.29 is 35.9 Å². The lowest BCUT2D eigenvalue weighted by molar-refractivity contribution is -0.187. The number of carbonyl (C=O) groups excluding carboxylic acids is 2. The Morgan fingerprint density at radius 2 is 1.35 bits per heavy atom. The number of rotatable bonds is 2. The van der Waals surface area contributed by atoms with E-state index in [1.807, 2.05) is 0 Å². The molecule has 0 radical (unpaired) electrons. The standard InChI is InChI=1S/C16H14F6N2O2/c17-15(18,19)12-4-1-11(2-5-12)3-6-13(25)23-7-9-24(10-8-23)14(26)16(20,21)22/h1-6H,7-10H2. The Bertz CT molecular complexity index is 686. The minimum absolute atomic E-state index is 0.0575. The summed E-state index contributed by atoms with van der Waals surface area (Å²) >= 11 is 0. The lowest BCUT2D eigenvalue weighted by Gasteiger charge is -2.34. The highest BCUT2D eigenvalue weighted by Crippen LogP contribution is 2.29. The van der Waals surface area contributed by atoms with E-state index >= 15 is 0 Å². The van der Waals surface area contributed by atoms with Crippen LogP contribution in [0.4, 0.5) is 26.3 Å². The van der Waals surface area contributed by atoms with Crippen LogP contribution in [0.15, 0.2) is 30.3 Å². The summed E-state index contributed by atoms with van der Waals surface area (Å²) in [5.74, 6) is -2.44. The van der Waals surface area contributed by atoms with Crippen molar-refractivity contribution in [1.29, 1.82) is 0 Å². The third-order valence-corrected chi connectivity index (χ3v) is 3.78. The van der Waals surface area contributed by atoms with Gasteiger partial charge in [0.2, 0.25) is 5.91 Å². The number of hydrogen-bond acceptors (Lipinski definition) is 2. The quantitative estimate of drug-likeness (QED) is 0.585. The third-order valence-electron chi connectivity index (χ3n) is 3.78. The molecule has 1 aromatic rings. The molecule has 0 N–H and O–H groups in total. The SMILES string of the molecule is O=C(C=Cc1ccc(C(F)(F)F)cc1)N1CCN(C(=O)C(F)(F)F)CC1. The van der Waals surface area contributed by atoms with E-state index in [0.29, 0.717) is 10.5 Å². The Balaban J connectivity index is 1.91. The van der Waals surface area contributed by atoms with Gasteiger partial charge < -0.3 is 9.80 Å². The number of benzene rings is 1. The fourth-order valence-electron chi connectivity index (χ4n) is 2.37. The number of hydrogen-bond donors (Lipinski definition) is 0. The zero-order valence-electron chi connectivity index (χ0n) is 13.3. The van der Waals surface area contributed by atoms with E-state index in [4.69, 9.17) is 0 Å². The van der Waals surface area contributed by atoms with Crippen LogP contribution >= 0.6 is 0 Å². The molecule has 0 spiro atoms. The number of halogens is 6. The van der Waals surface area contributed by atoms with Gasteiger partial charge in [0.25, 0.3) is 0 Å². The van der Waals surface area contributed by atoms with Crippen molar-refractivity contribution in [3.8, 4) is 0 Å². The monoisotopic (exact) mass is 380 g/mol. The lowest BCUT2D eigenvalue weighted by atomic mass is 10.1. The zero-order valence-corrected chi connectivity index (χ0v) is 13.3. The highest BCUT2D eigenvalue weighted by Gasteiger charge is 2.43. The normalized spacial score (nSPS) is 16.2. The van der Waals surface area contributed by atoms with Crippen LogP contribution in [0.25, 0.3) is 6.08 Å². The summed E-state index contributed by atoms with van der Waals surface area (Å²) in [7, 11) is 0. The van der Waals surface area contributed by atoms with Gasteiger partial charge in [0.05, 0.1) is 5.56 Å². The average Bonchev–Trinajstić information content (AvgIpc) is 2.58. The van der Waals surface area contributed by atoms with Crippen LogP contribution in [0.5, 0.6) is 0 Å². The van der Waals surface area contributed by atoms with Crippen molar-refractivity contribution >= 4 is 17.9 Å². The van der Waals surface area contributed by atoms with Gasteiger partial charge in [-0.05, 0) is 23.8 Å². The van der Waals surface area contributed by atoms with Crippen molar-refractivity contribution in [2.24, 2.45) is 0 Å². The molecule has 2 amide bonds. The molecule has 1 aliphatic heterocycles. The molecular formula is C16H14F6N2O2. The first-order valence-electron chi connectivity index (χ1n) is 7.49. The van der Waals surface area contributed by atoms with Crippen molar-refractivity contribution in [1.82, 2.24) is 9.80 Å². The number of nitrogens with zero attached hydrogens (tertiary/aromatic N) is 2. The van der Waals surface area contributed by atoms with Gasteiger partial charge >= 0.3 is 18.3 Å². The molecule has 1 heterocycles. The molecule has 26 heavy (non-hydrogen) atoms. The van der Waals surface area contributed by atoms with E-state index in [2.05, 4.69) is 0 Å². The number of amides is 2. The van der Waals surface area contributed by atoms with Gasteiger partial charge in [-0.1, -0.05) is 12.1 Å². The second kappa shape index (κ2) is 7.38. The van der Waals surface area contributed by atoms with E-state index in [0.717, 1.165) is 18.2 Å². The first-order chi connectivity index (χ1) is 12.0. The van der Waals surface area contributed by atoms with Crippen LogP contribution < -0.4 is 0 Å². The maximum absolute atomic E-state index is 12.5. The Kier molecular flexibility index (Phi) is 5.62. The molecule has 142 valence electrons. The van der Waals surface area contributed by atoms with Gasteiger partial charge in [0.15, 0.2) is 0 Å². The smallest absolute Gasteiger partial charge is 0.336 e. The van der Waals surface area contributed by atoms with Gasteiger partial charge in [0, 0.05) is 32.3 Å². The molecule has 0 atom stereocenters. The van der Waals surface area contributed by atoms with E-state index < -0.39 is 29.7 Å². The van der Waals surface area contributed by atoms with Crippen LogP contribution in [0, 0.1) is 0 Å². The molecule has 10 heteroatoms. The molecule has 1 saturated heterocycles. The first-order valence-corrected chi connectivity index (χ1v) is 7.49. The van der Waals surface area contributed by atoms with Crippen LogP contribution in [-0.2, 0) is 15.8 Å². The predicted molar refractivity (Wildman–Crippen MR) is 79.7 cm³/mol. The molecule has 0 unspecified atom stereocenters. The fourth-order valence-corrected chi connectivity index (χ4v) is 2.37. The maximum atomic E-state index is 12.5. The van der Waals surface area contributed by atoms with E-state index in [1.165, 1.54) is 23.1 Å². The zero-order chi connectivity index (χ0) is 19.5. The number of piperazine rings is 1. The van der Waals surface area contributed by atoms with Gasteiger partial charge in [0.1, 0.15) is 0 Å². The molecule has 0 aliphatic carbocycles. The van der Waals surface area contributed by atoms with Gasteiger partial charge in [-0.15, -0.1) is 0 Å². The van der Waals surface area contributed by atoms with E-state index in [1.54, 1.807) is 0 Å². The molecule has 0 bridgehead atoms. The lowest BCUT2D eigenvalue weighted by Crippen LogP contribution is -2.53. The first kappa shape index (κ1) is 19.8. The van der Waals surface area contributed by atoms with Crippen LogP contribution in [-0.4, -0.2) is 54.0 Å². The van der Waals surface area contributed by atoms with Gasteiger partial charge in [-0.3, -0.25) is 9.59 Å². The second-order valence-corrected chi connectivity index (χ2v) is 5.57. The minimum Gasteiger partial charge on any atom is -0.336 e. The molecular weight excluding hydrogens is 366 g/mol. The number of carbonyl (C=O) groups is 2. The van der Waals surface area contributed by atoms with E-state index in [-0.39, 0.29) is 26.2 Å². The third kappa shape index (κ3) is 4.99. The molecule has 1 fully saturated rings. The topological polar surface area (TPSA) is 40.6 Å². The summed E-state index contributed by atoms with van der Waals surface area (Å²) in [6.45, 7) is -0.591. The molecule has 1 aliphatic rings. The Morgan fingerprint density at radius 1 is 0.846 bits per heavy atom. The largest absolute Gasteiger partial charge is 0.471 e. The summed E-state index contributed by atoms with van der Waals surface area (Å²) in [4.78, 5) is 25.0. The van der Waals surface area contributed by atoms with Crippen molar-refractivity contribution in [2.45, 2.75) is 12.4 Å². The van der Waals surface area contributed by atoms with Crippen molar-refractivity contribution in [3.63, 3.8) is 0 Å². The highest BCUT2D eigenvalue weighted by atomic mass is 19.4. The van der Waals surface area contributed by atoms with Crippen LogP contribution in [0.1, 0.15) is 11.1 Å². The molecule has 0 saturated carbocycles. The Labute approximate surface area is 144 Å². The summed E-state index contributed by atoms with van der Waals surface area (Å²) in [6.07, 6.45) is -6.96. The summed E-state index contributed by atoms with van der Waals surface area (Å²) in [5, 5.41) is 0. The van der Waals surface area contributed by atoms with E-state index in [9.17, 15) is 35.9 Å². The second-order valence-electron chi connectivity index (χ2n) is 5.57. The molecule has 2 rings (SSSR count). The molecule has 0 aromatic heterocycles. The molecule has 4 nitrogen and oxygen atoms in total. The van der Waals surface area contributed by atoms with Crippen LogP contribution in [0.3, 0.4) is 0 Å². The Morgan fingerprint density at radius 3 is 1.81 bits per heavy atom. The summed E-state index contributed by atoms with van der Waals surface area (Å²) in [6, 6.07) is 4.16. The Hall–Kier alpha value is -2.52. The highest BCUT2D eigenvalue weighted by molar-refractivity contribution is 5.92. The van der Waals surface area contributed by atoms with Gasteiger partial charge in [-0.25, -0.2) is 0 Å². The maximum Gasteiger partial charge on any atom is 0.471 e. The average molecular weight is 380 g/mol. The summed E-state index contributed by atoms with van der Waals surface area (Å²) < 4.78 is 74.4. The molecule has 1 aromatic carbocycles. The fraction of sp³-hybridized carbons (Fsp3) is 0.375. The number of alkyl halides is 6. The summed E-state index contributed by atoms with van der Waals surface area (Å²) in [5.41, 5.74) is -0.441. The van der Waals surface area contributed by atoms with Gasteiger partial charge in [-0.2, -0.15) is 26.3 Å². The van der Waals surface area contributed by atoms with Crippen LogP contribution in [0.2, 0.25) is 0 Å².